The predicted octanol–water partition coefficient (Wildman–Crippen LogP) is 4.26. The topological polar surface area (TPSA) is 194 Å². The first kappa shape index (κ1) is 44.6. The summed E-state index contributed by atoms with van der Waals surface area (Å²) in [5.74, 6) is -2.31. The van der Waals surface area contributed by atoms with Gasteiger partial charge in [0, 0.05) is 11.6 Å². The van der Waals surface area contributed by atoms with Crippen molar-refractivity contribution in [1.82, 2.24) is 0 Å². The normalized spacial score (nSPS) is 11.6. The number of unbranched alkanes of at least 4 members (excludes halogenated alkanes) is 1. The standard InChI is InChI=1S/C16H38O5Si4.3C3H5NO/c1-15(16(17)18)13-11-12-14-25(19-22(2,3)4,20-23(5,6)7)21-24(8,9)10;3*1-2-3(4)5/h13H,11-12,14H2,1-10H3,(H,17,18);3*2H,1H2,(H2,4,5). The number of aliphatic carboxylic acids is 1. The Morgan fingerprint density at radius 1 is 0.675 bits per heavy atom. The second-order valence-electron chi connectivity index (χ2n) is 11.2. The number of carbonyl (C=O) groups excluding carboxylic acids is 3. The van der Waals surface area contributed by atoms with Crippen molar-refractivity contribution in [3.63, 3.8) is 0 Å². The van der Waals surface area contributed by atoms with Crippen molar-refractivity contribution in [1.29, 1.82) is 0 Å². The number of hydrogen-bond donors (Lipinski definition) is 4. The van der Waals surface area contributed by atoms with Gasteiger partial charge in [-0.05, 0) is 96.9 Å². The lowest BCUT2D eigenvalue weighted by Gasteiger charge is -2.42. The SMILES string of the molecule is C=CC(N)=O.C=CC(N)=O.C=CC(N)=O.CC(=CCCC[Si](O[Si](C)(C)C)(O[Si](C)(C)C)O[Si](C)(C)C)C(=O)O. The highest BCUT2D eigenvalue weighted by Gasteiger charge is 2.49. The second-order valence-corrected chi connectivity index (χ2v) is 28.2. The van der Waals surface area contributed by atoms with Crippen LogP contribution in [0.2, 0.25) is 65.0 Å². The van der Waals surface area contributed by atoms with Crippen molar-refractivity contribution < 1.29 is 36.6 Å². The van der Waals surface area contributed by atoms with Crippen molar-refractivity contribution >= 4 is 57.4 Å². The maximum Gasteiger partial charge on any atom is 0.469 e. The summed E-state index contributed by atoms with van der Waals surface area (Å²) >= 11 is 0. The number of carboxylic acids is 1. The van der Waals surface area contributed by atoms with E-state index >= 15 is 0 Å². The molecule has 0 radical (unpaired) electrons. The zero-order valence-electron chi connectivity index (χ0n) is 26.1. The fourth-order valence-corrected chi connectivity index (χ4v) is 17.0. The fourth-order valence-electron chi connectivity index (χ4n) is 2.34. The number of hydrogen-bond acceptors (Lipinski definition) is 7. The van der Waals surface area contributed by atoms with Gasteiger partial charge in [0.2, 0.25) is 17.7 Å². The van der Waals surface area contributed by atoms with Crippen LogP contribution in [0, 0.1) is 0 Å². The average Bonchev–Trinajstić information content (AvgIpc) is 2.73. The molecule has 0 saturated carbocycles. The van der Waals surface area contributed by atoms with Crippen LogP contribution >= 0.6 is 0 Å². The molecule has 0 aliphatic carbocycles. The molecule has 11 nitrogen and oxygen atoms in total. The molecule has 0 heterocycles. The minimum absolute atomic E-state index is 0.385. The third-order valence-electron chi connectivity index (χ3n) is 3.46. The van der Waals surface area contributed by atoms with Crippen molar-refractivity contribution in [2.24, 2.45) is 17.2 Å². The van der Waals surface area contributed by atoms with Gasteiger partial charge in [0.1, 0.15) is 0 Å². The van der Waals surface area contributed by atoms with Gasteiger partial charge in [-0.2, -0.15) is 0 Å². The Bertz CT molecular complexity index is 791. The lowest BCUT2D eigenvalue weighted by molar-refractivity contribution is -0.132. The van der Waals surface area contributed by atoms with E-state index in [2.05, 4.69) is 95.9 Å². The summed E-state index contributed by atoms with van der Waals surface area (Å²) in [5.41, 5.74) is 14.0. The number of carbonyl (C=O) groups is 4. The Morgan fingerprint density at radius 3 is 1.10 bits per heavy atom. The molecule has 0 fully saturated rings. The third-order valence-corrected chi connectivity index (χ3v) is 15.5. The molecule has 0 rings (SSSR count). The minimum atomic E-state index is -2.79. The van der Waals surface area contributed by atoms with Crippen LogP contribution in [0.3, 0.4) is 0 Å². The van der Waals surface area contributed by atoms with Crippen LogP contribution in [0.5, 0.6) is 0 Å². The largest absolute Gasteiger partial charge is 0.478 e. The summed E-state index contributed by atoms with van der Waals surface area (Å²) in [6.45, 7) is 30.4. The van der Waals surface area contributed by atoms with Crippen LogP contribution in [-0.4, -0.2) is 62.6 Å². The summed E-state index contributed by atoms with van der Waals surface area (Å²) in [4.78, 5) is 39.4. The van der Waals surface area contributed by atoms with E-state index in [-0.39, 0.29) is 0 Å². The molecule has 232 valence electrons. The van der Waals surface area contributed by atoms with E-state index in [0.717, 1.165) is 30.7 Å². The Labute approximate surface area is 245 Å². The van der Waals surface area contributed by atoms with Crippen molar-refractivity contribution in [2.75, 3.05) is 0 Å². The summed E-state index contributed by atoms with van der Waals surface area (Å²) in [7, 11) is -8.33. The van der Waals surface area contributed by atoms with Gasteiger partial charge in [0.15, 0.2) is 25.0 Å². The molecule has 0 aliphatic rings. The van der Waals surface area contributed by atoms with Gasteiger partial charge in [0.05, 0.1) is 0 Å². The fraction of sp³-hybridized carbons (Fsp3) is 0.520. The van der Waals surface area contributed by atoms with Gasteiger partial charge in [-0.1, -0.05) is 25.8 Å². The summed E-state index contributed by atoms with van der Waals surface area (Å²) in [5, 5.41) is 8.98. The molecule has 40 heavy (non-hydrogen) atoms. The van der Waals surface area contributed by atoms with Crippen LogP contribution in [0.1, 0.15) is 19.8 Å². The highest BCUT2D eigenvalue weighted by molar-refractivity contribution is 6.90. The second kappa shape index (κ2) is 21.3. The van der Waals surface area contributed by atoms with Crippen molar-refractivity contribution in [3.8, 4) is 0 Å². The smallest absolute Gasteiger partial charge is 0.469 e. The van der Waals surface area contributed by atoms with E-state index in [1.807, 2.05) is 0 Å². The summed E-state index contributed by atoms with van der Waals surface area (Å²) < 4.78 is 19.8. The van der Waals surface area contributed by atoms with Crippen LogP contribution in [-0.2, 0) is 31.5 Å². The van der Waals surface area contributed by atoms with E-state index in [1.165, 1.54) is 0 Å². The maximum absolute atomic E-state index is 10.9. The van der Waals surface area contributed by atoms with Crippen LogP contribution in [0.15, 0.2) is 49.6 Å². The van der Waals surface area contributed by atoms with Gasteiger partial charge in [-0.3, -0.25) is 14.4 Å². The number of amides is 3. The number of carboxylic acid groups (broad SMARTS) is 1. The van der Waals surface area contributed by atoms with Gasteiger partial charge >= 0.3 is 14.8 Å². The first-order valence-electron chi connectivity index (χ1n) is 12.5. The monoisotopic (exact) mass is 635 g/mol. The van der Waals surface area contributed by atoms with Crippen LogP contribution in [0.4, 0.5) is 0 Å². The average molecular weight is 636 g/mol. The molecule has 0 unspecified atom stereocenters. The molecule has 3 amide bonds. The predicted molar refractivity (Wildman–Crippen MR) is 173 cm³/mol. The van der Waals surface area contributed by atoms with Crippen LogP contribution in [0.25, 0.3) is 0 Å². The lowest BCUT2D eigenvalue weighted by Crippen LogP contribution is -2.60. The molecule has 0 bridgehead atoms. The molecule has 0 aromatic heterocycles. The van der Waals surface area contributed by atoms with Crippen molar-refractivity contribution in [3.05, 3.63) is 49.6 Å². The zero-order chi connectivity index (χ0) is 33.0. The van der Waals surface area contributed by atoms with E-state index in [4.69, 9.17) is 17.5 Å². The Kier molecular flexibility index (Phi) is 23.8. The van der Waals surface area contributed by atoms with E-state index in [0.29, 0.717) is 12.0 Å². The first-order chi connectivity index (χ1) is 17.8. The number of nitrogens with two attached hydrogens (primary N) is 3. The highest BCUT2D eigenvalue weighted by Crippen LogP contribution is 2.30. The molecule has 15 heteroatoms. The van der Waals surface area contributed by atoms with Gasteiger partial charge in [-0.15, -0.1) is 0 Å². The number of primary amides is 3. The van der Waals surface area contributed by atoms with Crippen molar-refractivity contribution in [2.45, 2.75) is 84.7 Å². The van der Waals surface area contributed by atoms with Crippen LogP contribution < -0.4 is 17.2 Å². The molecule has 0 aromatic rings. The van der Waals surface area contributed by atoms with Gasteiger partial charge in [-0.25, -0.2) is 4.79 Å². The first-order valence-corrected chi connectivity index (χ1v) is 24.7. The Balaban J connectivity index is -0.000000350. The third kappa shape index (κ3) is 37.7. The molecular formula is C25H53N3O8Si4. The van der Waals surface area contributed by atoms with E-state index < -0.39 is 57.4 Å². The molecule has 0 saturated heterocycles. The Morgan fingerprint density at radius 2 is 0.925 bits per heavy atom. The summed E-state index contributed by atoms with van der Waals surface area (Å²) in [6.07, 6.45) is 6.46. The molecule has 0 aromatic carbocycles. The molecular weight excluding hydrogens is 583 g/mol. The lowest BCUT2D eigenvalue weighted by atomic mass is 10.2. The number of rotatable bonds is 14. The highest BCUT2D eigenvalue weighted by atomic mass is 28.5. The van der Waals surface area contributed by atoms with Gasteiger partial charge in [0.25, 0.3) is 0 Å². The van der Waals surface area contributed by atoms with Gasteiger partial charge < -0.3 is 34.7 Å². The molecule has 0 spiro atoms. The quantitative estimate of drug-likeness (QED) is 0.123. The zero-order valence-corrected chi connectivity index (χ0v) is 30.1. The number of allylic oxidation sites excluding steroid dienone is 1. The van der Waals surface area contributed by atoms with E-state index in [9.17, 15) is 19.2 Å². The summed E-state index contributed by atoms with van der Waals surface area (Å²) in [6, 6.07) is 0.745. The maximum atomic E-state index is 10.9. The van der Waals surface area contributed by atoms with E-state index in [1.54, 1.807) is 13.0 Å². The molecule has 7 N–H and O–H groups in total. The molecule has 0 aliphatic heterocycles. The molecule has 0 atom stereocenters. The Hall–Kier alpha value is -2.41. The minimum Gasteiger partial charge on any atom is -0.478 e.